The van der Waals surface area contributed by atoms with E-state index in [9.17, 15) is 0 Å². The summed E-state index contributed by atoms with van der Waals surface area (Å²) in [6, 6.07) is 3.22. The van der Waals surface area contributed by atoms with E-state index in [4.69, 9.17) is 5.10 Å². The van der Waals surface area contributed by atoms with Gasteiger partial charge in [-0.25, -0.2) is 0 Å². The molecule has 0 fully saturated rings. The molecule has 110 valence electrons. The minimum atomic E-state index is 0.499. The summed E-state index contributed by atoms with van der Waals surface area (Å²) >= 11 is 0. The van der Waals surface area contributed by atoms with E-state index in [1.54, 1.807) is 0 Å². The molecule has 0 saturated carbocycles. The third-order valence-corrected chi connectivity index (χ3v) is 4.03. The van der Waals surface area contributed by atoms with Crippen LogP contribution in [0.15, 0.2) is 12.3 Å². The molecule has 0 aliphatic heterocycles. The van der Waals surface area contributed by atoms with Crippen molar-refractivity contribution in [3.8, 4) is 0 Å². The summed E-state index contributed by atoms with van der Waals surface area (Å²) in [7, 11) is 0. The van der Waals surface area contributed by atoms with Gasteiger partial charge in [0.15, 0.2) is 0 Å². The first-order chi connectivity index (χ1) is 9.12. The van der Waals surface area contributed by atoms with E-state index in [2.05, 4.69) is 56.9 Å². The zero-order chi connectivity index (χ0) is 14.3. The fourth-order valence-corrected chi connectivity index (χ4v) is 2.54. The van der Waals surface area contributed by atoms with Crippen molar-refractivity contribution in [3.05, 3.63) is 18.0 Å². The molecule has 0 bridgehead atoms. The van der Waals surface area contributed by atoms with E-state index in [1.807, 2.05) is 0 Å². The first kappa shape index (κ1) is 16.2. The van der Waals surface area contributed by atoms with Gasteiger partial charge in [-0.2, -0.15) is 5.10 Å². The van der Waals surface area contributed by atoms with Crippen LogP contribution in [0, 0.1) is 5.92 Å². The van der Waals surface area contributed by atoms with Crippen molar-refractivity contribution >= 4 is 0 Å². The molecule has 0 aromatic carbocycles. The summed E-state index contributed by atoms with van der Waals surface area (Å²) in [5, 5.41) is 8.34. The van der Waals surface area contributed by atoms with Gasteiger partial charge in [-0.05, 0) is 38.3 Å². The van der Waals surface area contributed by atoms with Gasteiger partial charge < -0.3 is 5.32 Å². The number of nitrogens with one attached hydrogen (secondary N) is 1. The Morgan fingerprint density at radius 2 is 2.00 bits per heavy atom. The molecule has 3 heteroatoms. The number of aromatic nitrogens is 2. The van der Waals surface area contributed by atoms with E-state index >= 15 is 0 Å². The normalized spacial score (nSPS) is 16.3. The Balaban J connectivity index is 2.65. The van der Waals surface area contributed by atoms with Crippen LogP contribution in [0.3, 0.4) is 0 Å². The molecule has 19 heavy (non-hydrogen) atoms. The first-order valence-corrected chi connectivity index (χ1v) is 7.89. The molecular formula is C16H31N3. The Hall–Kier alpha value is -0.830. The fraction of sp³-hybridized carbons (Fsp3) is 0.812. The van der Waals surface area contributed by atoms with Gasteiger partial charge in [0.1, 0.15) is 0 Å². The summed E-state index contributed by atoms with van der Waals surface area (Å²) in [5.41, 5.74) is 1.22. The van der Waals surface area contributed by atoms with Crippen LogP contribution in [-0.2, 0) is 6.42 Å². The lowest BCUT2D eigenvalue weighted by Crippen LogP contribution is -2.37. The van der Waals surface area contributed by atoms with Gasteiger partial charge in [0.25, 0.3) is 0 Å². The standard InChI is InChI=1S/C16H31N3/c1-6-9-13(4)16(17-8-3)12-15-10-11-19(18-15)14(5)7-2/h10-11,13-14,16-17H,6-9,12H2,1-5H3. The zero-order valence-electron chi connectivity index (χ0n) is 13.3. The predicted octanol–water partition coefficient (Wildman–Crippen LogP) is 3.81. The number of rotatable bonds is 9. The SMILES string of the molecule is CCCC(C)C(Cc1ccn(C(C)CC)n1)NCC. The van der Waals surface area contributed by atoms with E-state index in [1.165, 1.54) is 18.5 Å². The molecule has 3 unspecified atom stereocenters. The number of hydrogen-bond acceptors (Lipinski definition) is 2. The lowest BCUT2D eigenvalue weighted by atomic mass is 9.93. The summed E-state index contributed by atoms with van der Waals surface area (Å²) in [5.74, 6) is 0.707. The van der Waals surface area contributed by atoms with Crippen molar-refractivity contribution in [3.63, 3.8) is 0 Å². The Morgan fingerprint density at radius 1 is 1.26 bits per heavy atom. The average molecular weight is 265 g/mol. The van der Waals surface area contributed by atoms with Crippen LogP contribution in [0.5, 0.6) is 0 Å². The van der Waals surface area contributed by atoms with Crippen LogP contribution < -0.4 is 5.32 Å². The summed E-state index contributed by atoms with van der Waals surface area (Å²) < 4.78 is 2.10. The van der Waals surface area contributed by atoms with Gasteiger partial charge in [0, 0.05) is 24.7 Å². The number of likely N-dealkylation sites (N-methyl/N-ethyl adjacent to an activating group) is 1. The lowest BCUT2D eigenvalue weighted by molar-refractivity contribution is 0.353. The molecule has 3 nitrogen and oxygen atoms in total. The monoisotopic (exact) mass is 265 g/mol. The zero-order valence-corrected chi connectivity index (χ0v) is 13.3. The van der Waals surface area contributed by atoms with Crippen molar-refractivity contribution in [2.45, 2.75) is 72.4 Å². The third kappa shape index (κ3) is 4.98. The van der Waals surface area contributed by atoms with Gasteiger partial charge in [-0.15, -0.1) is 0 Å². The van der Waals surface area contributed by atoms with Gasteiger partial charge in [-0.1, -0.05) is 34.1 Å². The van der Waals surface area contributed by atoms with Crippen molar-refractivity contribution < 1.29 is 0 Å². The maximum atomic E-state index is 4.72. The van der Waals surface area contributed by atoms with Crippen LogP contribution in [0.2, 0.25) is 0 Å². The van der Waals surface area contributed by atoms with Gasteiger partial charge in [0.05, 0.1) is 5.69 Å². The Labute approximate surface area is 118 Å². The van der Waals surface area contributed by atoms with Crippen molar-refractivity contribution in [1.29, 1.82) is 0 Å². The molecule has 0 aliphatic rings. The fourth-order valence-electron chi connectivity index (χ4n) is 2.54. The lowest BCUT2D eigenvalue weighted by Gasteiger charge is -2.23. The quantitative estimate of drug-likeness (QED) is 0.736. The maximum Gasteiger partial charge on any atom is 0.0640 e. The second-order valence-corrected chi connectivity index (χ2v) is 5.68. The summed E-state index contributed by atoms with van der Waals surface area (Å²) in [6.07, 6.45) is 6.83. The highest BCUT2D eigenvalue weighted by molar-refractivity contribution is 5.03. The van der Waals surface area contributed by atoms with Crippen LogP contribution in [0.1, 0.15) is 65.6 Å². The Morgan fingerprint density at radius 3 is 2.58 bits per heavy atom. The third-order valence-electron chi connectivity index (χ3n) is 4.03. The van der Waals surface area contributed by atoms with Crippen LogP contribution in [0.25, 0.3) is 0 Å². The minimum Gasteiger partial charge on any atom is -0.314 e. The van der Waals surface area contributed by atoms with Crippen LogP contribution in [-0.4, -0.2) is 22.4 Å². The van der Waals surface area contributed by atoms with E-state index in [0.717, 1.165) is 19.4 Å². The molecule has 1 N–H and O–H groups in total. The molecule has 0 saturated heterocycles. The second kappa shape index (κ2) is 8.36. The maximum absolute atomic E-state index is 4.72. The van der Waals surface area contributed by atoms with Crippen LogP contribution in [0.4, 0.5) is 0 Å². The number of nitrogens with zero attached hydrogens (tertiary/aromatic N) is 2. The van der Waals surface area contributed by atoms with E-state index in [-0.39, 0.29) is 0 Å². The Bertz CT molecular complexity index is 346. The van der Waals surface area contributed by atoms with Crippen molar-refractivity contribution in [2.24, 2.45) is 5.92 Å². The van der Waals surface area contributed by atoms with Gasteiger partial charge >= 0.3 is 0 Å². The molecule has 0 spiro atoms. The van der Waals surface area contributed by atoms with Crippen molar-refractivity contribution in [2.75, 3.05) is 6.54 Å². The van der Waals surface area contributed by atoms with Crippen molar-refractivity contribution in [1.82, 2.24) is 15.1 Å². The molecule has 1 rings (SSSR count). The minimum absolute atomic E-state index is 0.499. The predicted molar refractivity (Wildman–Crippen MR) is 82.5 cm³/mol. The molecule has 1 heterocycles. The molecule has 0 radical (unpaired) electrons. The molecule has 1 aromatic rings. The average Bonchev–Trinajstić information content (AvgIpc) is 2.86. The Kier molecular flexibility index (Phi) is 7.14. The highest BCUT2D eigenvalue weighted by Crippen LogP contribution is 2.16. The van der Waals surface area contributed by atoms with Gasteiger partial charge in [0.2, 0.25) is 0 Å². The highest BCUT2D eigenvalue weighted by Gasteiger charge is 2.17. The molecule has 1 aromatic heterocycles. The van der Waals surface area contributed by atoms with E-state index in [0.29, 0.717) is 18.0 Å². The second-order valence-electron chi connectivity index (χ2n) is 5.68. The molecular weight excluding hydrogens is 234 g/mol. The molecule has 0 aliphatic carbocycles. The topological polar surface area (TPSA) is 29.9 Å². The highest BCUT2D eigenvalue weighted by atomic mass is 15.3. The summed E-state index contributed by atoms with van der Waals surface area (Å²) in [6.45, 7) is 12.3. The van der Waals surface area contributed by atoms with Gasteiger partial charge in [-0.3, -0.25) is 4.68 Å². The van der Waals surface area contributed by atoms with E-state index < -0.39 is 0 Å². The molecule has 0 amide bonds. The smallest absolute Gasteiger partial charge is 0.0640 e. The van der Waals surface area contributed by atoms with Crippen LogP contribution >= 0.6 is 0 Å². The largest absolute Gasteiger partial charge is 0.314 e. The molecule has 3 atom stereocenters. The number of hydrogen-bond donors (Lipinski definition) is 1. The first-order valence-electron chi connectivity index (χ1n) is 7.89. The summed E-state index contributed by atoms with van der Waals surface area (Å²) in [4.78, 5) is 0.